The van der Waals surface area contributed by atoms with Gasteiger partial charge in [-0.2, -0.15) is 0 Å². The van der Waals surface area contributed by atoms with E-state index in [0.29, 0.717) is 24.1 Å². The van der Waals surface area contributed by atoms with Gasteiger partial charge in [-0.1, -0.05) is 0 Å². The van der Waals surface area contributed by atoms with Crippen LogP contribution in [0.4, 0.5) is 10.1 Å². The zero-order chi connectivity index (χ0) is 12.7. The van der Waals surface area contributed by atoms with E-state index in [0.717, 1.165) is 31.5 Å². The molecular formula is C14H19FN2O. The van der Waals surface area contributed by atoms with E-state index in [4.69, 9.17) is 5.73 Å². The van der Waals surface area contributed by atoms with Crippen molar-refractivity contribution >= 4 is 5.69 Å². The van der Waals surface area contributed by atoms with Gasteiger partial charge in [0.15, 0.2) is 0 Å². The molecule has 0 spiro atoms. The predicted molar refractivity (Wildman–Crippen MR) is 68.3 cm³/mol. The standard InChI is InChI=1S/C14H19FN2O/c15-11-2-3-13(16)10(5-11)7-17-6-9-1-4-14(18)12(9)8-17/h2-3,5,9,12,14,18H,1,4,6-8,16H2. The minimum atomic E-state index is -0.237. The number of aliphatic hydroxyl groups is 1. The third-order valence-corrected chi connectivity index (χ3v) is 4.39. The van der Waals surface area contributed by atoms with Gasteiger partial charge in [0.1, 0.15) is 5.82 Å². The molecule has 4 heteroatoms. The Morgan fingerprint density at radius 2 is 2.17 bits per heavy atom. The van der Waals surface area contributed by atoms with E-state index in [1.54, 1.807) is 6.07 Å². The molecule has 1 aliphatic carbocycles. The maximum absolute atomic E-state index is 13.2. The molecular weight excluding hydrogens is 231 g/mol. The lowest BCUT2D eigenvalue weighted by atomic mass is 10.00. The van der Waals surface area contributed by atoms with Gasteiger partial charge < -0.3 is 10.8 Å². The van der Waals surface area contributed by atoms with E-state index >= 15 is 0 Å². The average molecular weight is 250 g/mol. The molecule has 98 valence electrons. The zero-order valence-electron chi connectivity index (χ0n) is 10.3. The Morgan fingerprint density at radius 3 is 2.94 bits per heavy atom. The van der Waals surface area contributed by atoms with Crippen molar-refractivity contribution in [1.82, 2.24) is 4.90 Å². The van der Waals surface area contributed by atoms with Crippen LogP contribution in [0.1, 0.15) is 18.4 Å². The molecule has 0 bridgehead atoms. The number of nitrogens with two attached hydrogens (primary N) is 1. The molecule has 3 N–H and O–H groups in total. The summed E-state index contributed by atoms with van der Waals surface area (Å²) < 4.78 is 13.2. The second-order valence-electron chi connectivity index (χ2n) is 5.61. The van der Waals surface area contributed by atoms with E-state index in [2.05, 4.69) is 4.90 Å². The van der Waals surface area contributed by atoms with E-state index in [9.17, 15) is 9.50 Å². The summed E-state index contributed by atoms with van der Waals surface area (Å²) in [5.74, 6) is 0.771. The van der Waals surface area contributed by atoms with Crippen LogP contribution in [0, 0.1) is 17.7 Å². The fourth-order valence-electron chi connectivity index (χ4n) is 3.41. The van der Waals surface area contributed by atoms with Gasteiger partial charge in [-0.05, 0) is 42.5 Å². The van der Waals surface area contributed by atoms with Gasteiger partial charge in [-0.25, -0.2) is 4.39 Å². The Labute approximate surface area is 106 Å². The molecule has 3 atom stereocenters. The Bertz CT molecular complexity index is 451. The van der Waals surface area contributed by atoms with Crippen molar-refractivity contribution in [2.75, 3.05) is 18.8 Å². The number of nitrogens with zero attached hydrogens (tertiary/aromatic N) is 1. The predicted octanol–water partition coefficient (Wildman–Crippen LogP) is 1.61. The minimum Gasteiger partial charge on any atom is -0.398 e. The summed E-state index contributed by atoms with van der Waals surface area (Å²) in [7, 11) is 0. The van der Waals surface area contributed by atoms with Crippen LogP contribution in [-0.4, -0.2) is 29.2 Å². The van der Waals surface area contributed by atoms with Crippen LogP contribution in [0.3, 0.4) is 0 Å². The van der Waals surface area contributed by atoms with Crippen molar-refractivity contribution in [3.63, 3.8) is 0 Å². The number of halogens is 1. The molecule has 1 heterocycles. The van der Waals surface area contributed by atoms with E-state index < -0.39 is 0 Å². The quantitative estimate of drug-likeness (QED) is 0.784. The lowest BCUT2D eigenvalue weighted by Crippen LogP contribution is -2.24. The van der Waals surface area contributed by atoms with Crippen LogP contribution in [0.5, 0.6) is 0 Å². The van der Waals surface area contributed by atoms with Crippen molar-refractivity contribution in [3.8, 4) is 0 Å². The molecule has 18 heavy (non-hydrogen) atoms. The molecule has 0 aromatic heterocycles. The number of hydrogen-bond donors (Lipinski definition) is 2. The first-order chi connectivity index (χ1) is 8.63. The third-order valence-electron chi connectivity index (χ3n) is 4.39. The van der Waals surface area contributed by atoms with Gasteiger partial charge in [0.2, 0.25) is 0 Å². The second-order valence-corrected chi connectivity index (χ2v) is 5.61. The first-order valence-corrected chi connectivity index (χ1v) is 6.58. The molecule has 1 aromatic rings. The van der Waals surface area contributed by atoms with E-state index in [1.165, 1.54) is 12.1 Å². The molecule has 0 amide bonds. The Morgan fingerprint density at radius 1 is 1.33 bits per heavy atom. The number of nitrogen functional groups attached to an aromatic ring is 1. The van der Waals surface area contributed by atoms with Gasteiger partial charge in [0.25, 0.3) is 0 Å². The molecule has 3 unspecified atom stereocenters. The fraction of sp³-hybridized carbons (Fsp3) is 0.571. The Kier molecular flexibility index (Phi) is 2.99. The minimum absolute atomic E-state index is 0.148. The lowest BCUT2D eigenvalue weighted by molar-refractivity contribution is 0.123. The highest BCUT2D eigenvalue weighted by Crippen LogP contribution is 2.38. The summed E-state index contributed by atoms with van der Waals surface area (Å²) >= 11 is 0. The highest BCUT2D eigenvalue weighted by Gasteiger charge is 2.41. The molecule has 3 rings (SSSR count). The normalized spacial score (nSPS) is 31.8. The van der Waals surface area contributed by atoms with Gasteiger partial charge in [0, 0.05) is 31.2 Å². The van der Waals surface area contributed by atoms with Crippen LogP contribution >= 0.6 is 0 Å². The molecule has 1 saturated heterocycles. The number of benzene rings is 1. The largest absolute Gasteiger partial charge is 0.398 e. The summed E-state index contributed by atoms with van der Waals surface area (Å²) in [6.07, 6.45) is 1.90. The van der Waals surface area contributed by atoms with Crippen LogP contribution in [-0.2, 0) is 6.54 Å². The average Bonchev–Trinajstić information content (AvgIpc) is 2.87. The topological polar surface area (TPSA) is 49.5 Å². The molecule has 0 radical (unpaired) electrons. The summed E-state index contributed by atoms with van der Waals surface area (Å²) in [6.45, 7) is 2.59. The highest BCUT2D eigenvalue weighted by molar-refractivity contribution is 5.46. The molecule has 3 nitrogen and oxygen atoms in total. The zero-order valence-corrected chi connectivity index (χ0v) is 10.3. The van der Waals surface area contributed by atoms with Crippen LogP contribution in [0.15, 0.2) is 18.2 Å². The molecule has 1 aromatic carbocycles. The molecule has 1 aliphatic heterocycles. The van der Waals surface area contributed by atoms with Crippen LogP contribution < -0.4 is 5.73 Å². The number of aliphatic hydroxyl groups excluding tert-OH is 1. The third kappa shape index (κ3) is 2.10. The van der Waals surface area contributed by atoms with E-state index in [-0.39, 0.29) is 11.9 Å². The first kappa shape index (κ1) is 11.9. The van der Waals surface area contributed by atoms with Crippen LogP contribution in [0.2, 0.25) is 0 Å². The molecule has 2 fully saturated rings. The summed E-state index contributed by atoms with van der Waals surface area (Å²) in [5, 5.41) is 9.87. The van der Waals surface area contributed by atoms with Gasteiger partial charge in [0.05, 0.1) is 6.10 Å². The first-order valence-electron chi connectivity index (χ1n) is 6.58. The monoisotopic (exact) mass is 250 g/mol. The number of fused-ring (bicyclic) bond motifs is 1. The Hall–Kier alpha value is -1.13. The van der Waals surface area contributed by atoms with Crippen molar-refractivity contribution in [2.24, 2.45) is 11.8 Å². The lowest BCUT2D eigenvalue weighted by Gasteiger charge is -2.19. The fourth-order valence-corrected chi connectivity index (χ4v) is 3.41. The highest BCUT2D eigenvalue weighted by atomic mass is 19.1. The summed E-state index contributed by atoms with van der Waals surface area (Å²) in [4.78, 5) is 2.28. The molecule has 1 saturated carbocycles. The maximum Gasteiger partial charge on any atom is 0.123 e. The van der Waals surface area contributed by atoms with Crippen molar-refractivity contribution in [2.45, 2.75) is 25.5 Å². The maximum atomic E-state index is 13.2. The summed E-state index contributed by atoms with van der Waals surface area (Å²) in [6, 6.07) is 4.53. The van der Waals surface area contributed by atoms with Crippen molar-refractivity contribution in [1.29, 1.82) is 0 Å². The second kappa shape index (κ2) is 4.52. The van der Waals surface area contributed by atoms with Crippen LogP contribution in [0.25, 0.3) is 0 Å². The number of likely N-dealkylation sites (tertiary alicyclic amines) is 1. The van der Waals surface area contributed by atoms with Crippen molar-refractivity contribution in [3.05, 3.63) is 29.6 Å². The van der Waals surface area contributed by atoms with Gasteiger partial charge in [-0.15, -0.1) is 0 Å². The van der Waals surface area contributed by atoms with Crippen molar-refractivity contribution < 1.29 is 9.50 Å². The van der Waals surface area contributed by atoms with E-state index in [1.807, 2.05) is 0 Å². The molecule has 2 aliphatic rings. The Balaban J connectivity index is 1.69. The smallest absolute Gasteiger partial charge is 0.123 e. The number of anilines is 1. The van der Waals surface area contributed by atoms with Gasteiger partial charge >= 0.3 is 0 Å². The number of rotatable bonds is 2. The summed E-state index contributed by atoms with van der Waals surface area (Å²) in [5.41, 5.74) is 7.37. The number of hydrogen-bond acceptors (Lipinski definition) is 3. The SMILES string of the molecule is Nc1ccc(F)cc1CN1CC2CCC(O)C2C1. The van der Waals surface area contributed by atoms with Gasteiger partial charge in [-0.3, -0.25) is 4.90 Å².